The van der Waals surface area contributed by atoms with Crippen molar-refractivity contribution in [3.63, 3.8) is 0 Å². The van der Waals surface area contributed by atoms with Crippen molar-refractivity contribution in [3.05, 3.63) is 11.9 Å². The van der Waals surface area contributed by atoms with Crippen LogP contribution >= 0.6 is 0 Å². The highest BCUT2D eigenvalue weighted by atomic mass is 16.5. The first-order valence-electron chi connectivity index (χ1n) is 6.84. The van der Waals surface area contributed by atoms with Gasteiger partial charge in [0, 0.05) is 19.2 Å². The molecule has 1 aliphatic rings. The van der Waals surface area contributed by atoms with Crippen LogP contribution in [-0.4, -0.2) is 41.9 Å². The van der Waals surface area contributed by atoms with Gasteiger partial charge in [-0.25, -0.2) is 15.8 Å². The van der Waals surface area contributed by atoms with Crippen LogP contribution in [0.25, 0.3) is 0 Å². The SMILES string of the molecule is CCOCc1nc(NN)cc(N2CCOCC2(C)C)n1. The van der Waals surface area contributed by atoms with Crippen molar-refractivity contribution in [3.8, 4) is 0 Å². The maximum absolute atomic E-state index is 5.54. The Morgan fingerprint density at radius 3 is 2.95 bits per heavy atom. The Morgan fingerprint density at radius 2 is 2.30 bits per heavy atom. The van der Waals surface area contributed by atoms with Gasteiger partial charge in [-0.1, -0.05) is 0 Å². The van der Waals surface area contributed by atoms with Crippen molar-refractivity contribution >= 4 is 11.6 Å². The molecule has 0 unspecified atom stereocenters. The zero-order valence-corrected chi connectivity index (χ0v) is 12.3. The summed E-state index contributed by atoms with van der Waals surface area (Å²) in [6, 6.07) is 1.85. The van der Waals surface area contributed by atoms with Crippen LogP contribution in [0.3, 0.4) is 0 Å². The molecule has 1 aromatic rings. The van der Waals surface area contributed by atoms with E-state index in [1.807, 2.05) is 13.0 Å². The third-order valence-corrected chi connectivity index (χ3v) is 3.26. The highest BCUT2D eigenvalue weighted by molar-refractivity contribution is 5.51. The summed E-state index contributed by atoms with van der Waals surface area (Å²) in [5.41, 5.74) is 2.48. The summed E-state index contributed by atoms with van der Waals surface area (Å²) in [4.78, 5) is 11.1. The second-order valence-electron chi connectivity index (χ2n) is 5.33. The first kappa shape index (κ1) is 15.0. The Hall–Kier alpha value is -1.44. The molecule has 0 aliphatic carbocycles. The number of anilines is 2. The van der Waals surface area contributed by atoms with E-state index >= 15 is 0 Å². The summed E-state index contributed by atoms with van der Waals surface area (Å²) in [6.07, 6.45) is 0. The molecule has 1 saturated heterocycles. The minimum Gasteiger partial charge on any atom is -0.377 e. The third kappa shape index (κ3) is 3.36. The average Bonchev–Trinajstić information content (AvgIpc) is 2.44. The number of aromatic nitrogens is 2. The number of hydrogen-bond donors (Lipinski definition) is 2. The maximum atomic E-state index is 5.54. The Kier molecular flexibility index (Phi) is 4.74. The molecule has 0 bridgehead atoms. The lowest BCUT2D eigenvalue weighted by atomic mass is 10.0. The van der Waals surface area contributed by atoms with E-state index in [9.17, 15) is 0 Å². The van der Waals surface area contributed by atoms with Gasteiger partial charge in [0.05, 0.1) is 18.8 Å². The lowest BCUT2D eigenvalue weighted by Gasteiger charge is -2.43. The summed E-state index contributed by atoms with van der Waals surface area (Å²) in [5.74, 6) is 7.55. The highest BCUT2D eigenvalue weighted by Crippen LogP contribution is 2.26. The molecule has 1 aromatic heterocycles. The minimum absolute atomic E-state index is 0.110. The number of rotatable bonds is 5. The maximum Gasteiger partial charge on any atom is 0.158 e. The lowest BCUT2D eigenvalue weighted by Crippen LogP contribution is -2.53. The fourth-order valence-electron chi connectivity index (χ4n) is 2.24. The van der Waals surface area contributed by atoms with E-state index in [0.29, 0.717) is 38.1 Å². The number of morpholine rings is 1. The van der Waals surface area contributed by atoms with E-state index in [4.69, 9.17) is 15.3 Å². The van der Waals surface area contributed by atoms with Crippen LogP contribution in [-0.2, 0) is 16.1 Å². The summed E-state index contributed by atoms with van der Waals surface area (Å²) in [6.45, 7) is 9.37. The topological polar surface area (TPSA) is 85.5 Å². The molecular weight excluding hydrogens is 258 g/mol. The lowest BCUT2D eigenvalue weighted by molar-refractivity contribution is 0.0637. The van der Waals surface area contributed by atoms with Crippen LogP contribution in [0, 0.1) is 0 Å². The van der Waals surface area contributed by atoms with E-state index in [1.165, 1.54) is 0 Å². The first-order valence-corrected chi connectivity index (χ1v) is 6.84. The van der Waals surface area contributed by atoms with Gasteiger partial charge in [-0.05, 0) is 20.8 Å². The number of nitrogen functional groups attached to an aromatic ring is 1. The molecular formula is C13H23N5O2. The standard InChI is InChI=1S/C13H23N5O2/c1-4-19-8-11-15-10(17-14)7-12(16-11)18-5-6-20-9-13(18,2)3/h7H,4-6,8-9,14H2,1-3H3,(H,15,16,17). The van der Waals surface area contributed by atoms with Gasteiger partial charge >= 0.3 is 0 Å². The normalized spacial score (nSPS) is 18.1. The molecule has 0 saturated carbocycles. The number of nitrogens with zero attached hydrogens (tertiary/aromatic N) is 3. The van der Waals surface area contributed by atoms with E-state index in [-0.39, 0.29) is 5.54 Å². The van der Waals surface area contributed by atoms with E-state index in [2.05, 4.69) is 34.1 Å². The van der Waals surface area contributed by atoms with Crippen LogP contribution in [0.5, 0.6) is 0 Å². The number of hydrogen-bond acceptors (Lipinski definition) is 7. The quantitative estimate of drug-likeness (QED) is 0.613. The van der Waals surface area contributed by atoms with Crippen LogP contribution in [0.2, 0.25) is 0 Å². The van der Waals surface area contributed by atoms with Crippen molar-refractivity contribution in [1.29, 1.82) is 0 Å². The van der Waals surface area contributed by atoms with Crippen molar-refractivity contribution in [1.82, 2.24) is 9.97 Å². The summed E-state index contributed by atoms with van der Waals surface area (Å²) >= 11 is 0. The molecule has 0 aromatic carbocycles. The molecule has 0 spiro atoms. The van der Waals surface area contributed by atoms with Gasteiger partial charge in [0.1, 0.15) is 18.2 Å². The highest BCUT2D eigenvalue weighted by Gasteiger charge is 2.32. The fourth-order valence-corrected chi connectivity index (χ4v) is 2.24. The molecule has 7 heteroatoms. The third-order valence-electron chi connectivity index (χ3n) is 3.26. The monoisotopic (exact) mass is 281 g/mol. The Morgan fingerprint density at radius 1 is 1.50 bits per heavy atom. The fraction of sp³-hybridized carbons (Fsp3) is 0.692. The Labute approximate surface area is 119 Å². The predicted molar refractivity (Wildman–Crippen MR) is 77.4 cm³/mol. The van der Waals surface area contributed by atoms with Crippen molar-refractivity contribution in [2.75, 3.05) is 36.7 Å². The van der Waals surface area contributed by atoms with Crippen LogP contribution < -0.4 is 16.2 Å². The average molecular weight is 281 g/mol. The second kappa shape index (κ2) is 6.34. The van der Waals surface area contributed by atoms with Crippen molar-refractivity contribution < 1.29 is 9.47 Å². The predicted octanol–water partition coefficient (Wildman–Crippen LogP) is 0.914. The molecule has 2 rings (SSSR count). The molecule has 3 N–H and O–H groups in total. The van der Waals surface area contributed by atoms with Gasteiger partial charge in [0.15, 0.2) is 5.82 Å². The molecule has 0 radical (unpaired) electrons. The Bertz CT molecular complexity index is 452. The van der Waals surface area contributed by atoms with Gasteiger partial charge in [0.2, 0.25) is 0 Å². The summed E-state index contributed by atoms with van der Waals surface area (Å²) < 4.78 is 10.9. The van der Waals surface area contributed by atoms with E-state index in [1.54, 1.807) is 0 Å². The molecule has 1 aliphatic heterocycles. The second-order valence-corrected chi connectivity index (χ2v) is 5.33. The van der Waals surface area contributed by atoms with Crippen molar-refractivity contribution in [2.45, 2.75) is 32.9 Å². The zero-order chi connectivity index (χ0) is 14.6. The molecule has 20 heavy (non-hydrogen) atoms. The van der Waals surface area contributed by atoms with E-state index < -0.39 is 0 Å². The molecule has 1 fully saturated rings. The molecule has 0 atom stereocenters. The molecule has 0 amide bonds. The first-order chi connectivity index (χ1) is 9.56. The number of nitrogens with two attached hydrogens (primary N) is 1. The molecule has 112 valence electrons. The van der Waals surface area contributed by atoms with Crippen LogP contribution in [0.15, 0.2) is 6.07 Å². The Balaban J connectivity index is 2.29. The smallest absolute Gasteiger partial charge is 0.158 e. The number of ether oxygens (including phenoxy) is 2. The number of nitrogens with one attached hydrogen (secondary N) is 1. The zero-order valence-electron chi connectivity index (χ0n) is 12.3. The van der Waals surface area contributed by atoms with Crippen LogP contribution in [0.1, 0.15) is 26.6 Å². The van der Waals surface area contributed by atoms with E-state index in [0.717, 1.165) is 12.4 Å². The van der Waals surface area contributed by atoms with Gasteiger partial charge in [0.25, 0.3) is 0 Å². The number of hydrazine groups is 1. The van der Waals surface area contributed by atoms with Crippen LogP contribution in [0.4, 0.5) is 11.6 Å². The van der Waals surface area contributed by atoms with Gasteiger partial charge in [-0.15, -0.1) is 0 Å². The molecule has 2 heterocycles. The van der Waals surface area contributed by atoms with Crippen molar-refractivity contribution in [2.24, 2.45) is 5.84 Å². The van der Waals surface area contributed by atoms with Gasteiger partial charge in [-0.3, -0.25) is 0 Å². The minimum atomic E-state index is -0.110. The summed E-state index contributed by atoms with van der Waals surface area (Å²) in [5, 5.41) is 0. The largest absolute Gasteiger partial charge is 0.377 e. The summed E-state index contributed by atoms with van der Waals surface area (Å²) in [7, 11) is 0. The molecule has 7 nitrogen and oxygen atoms in total. The van der Waals surface area contributed by atoms with Gasteiger partial charge in [-0.2, -0.15) is 0 Å². The van der Waals surface area contributed by atoms with Gasteiger partial charge < -0.3 is 19.8 Å².